The summed E-state index contributed by atoms with van der Waals surface area (Å²) < 4.78 is 6.22. The lowest BCUT2D eigenvalue weighted by Gasteiger charge is -2.09. The molecule has 0 heterocycles. The molecule has 5 heteroatoms. The summed E-state index contributed by atoms with van der Waals surface area (Å²) in [5.74, 6) is -0.474. The van der Waals surface area contributed by atoms with Crippen LogP contribution in [0.15, 0.2) is 51.9 Å². The van der Waals surface area contributed by atoms with Crippen LogP contribution in [-0.4, -0.2) is 23.4 Å². The SMILES string of the molecule is Cc1ccc(N=Cc2ccc(O[C@H](C)C(=O)O)cc2)c(Br)c1. The molecule has 0 fully saturated rings. The fourth-order valence-corrected chi connectivity index (χ4v) is 2.34. The van der Waals surface area contributed by atoms with E-state index < -0.39 is 12.1 Å². The smallest absolute Gasteiger partial charge is 0.344 e. The standard InChI is InChI=1S/C17H16BrNO3/c1-11-3-8-16(15(18)9-11)19-10-13-4-6-14(7-5-13)22-12(2)17(20)21/h3-10,12H,1-2H3,(H,20,21)/t12-/m1/s1. The zero-order valence-corrected chi connectivity index (χ0v) is 13.9. The number of aliphatic carboxylic acids is 1. The van der Waals surface area contributed by atoms with Crippen LogP contribution in [0.5, 0.6) is 5.75 Å². The molecule has 0 aliphatic carbocycles. The molecule has 0 radical (unpaired) electrons. The van der Waals surface area contributed by atoms with Gasteiger partial charge in [0.15, 0.2) is 6.10 Å². The van der Waals surface area contributed by atoms with E-state index >= 15 is 0 Å². The van der Waals surface area contributed by atoms with Crippen LogP contribution >= 0.6 is 15.9 Å². The maximum atomic E-state index is 10.7. The van der Waals surface area contributed by atoms with Crippen LogP contribution in [0, 0.1) is 6.92 Å². The number of hydrogen-bond acceptors (Lipinski definition) is 3. The summed E-state index contributed by atoms with van der Waals surface area (Å²) in [7, 11) is 0. The van der Waals surface area contributed by atoms with Crippen molar-refractivity contribution in [3.63, 3.8) is 0 Å². The van der Waals surface area contributed by atoms with E-state index in [0.717, 1.165) is 15.7 Å². The van der Waals surface area contributed by atoms with E-state index in [1.165, 1.54) is 12.5 Å². The number of rotatable bonds is 5. The maximum absolute atomic E-state index is 10.7. The van der Waals surface area contributed by atoms with E-state index in [1.807, 2.05) is 37.3 Å². The van der Waals surface area contributed by atoms with Crippen molar-refractivity contribution >= 4 is 33.8 Å². The molecule has 22 heavy (non-hydrogen) atoms. The highest BCUT2D eigenvalue weighted by atomic mass is 79.9. The minimum Gasteiger partial charge on any atom is -0.479 e. The molecular formula is C17H16BrNO3. The van der Waals surface area contributed by atoms with E-state index in [2.05, 4.69) is 20.9 Å². The first-order valence-electron chi connectivity index (χ1n) is 6.75. The average molecular weight is 362 g/mol. The number of halogens is 1. The van der Waals surface area contributed by atoms with E-state index in [9.17, 15) is 4.79 Å². The van der Waals surface area contributed by atoms with Gasteiger partial charge in [-0.05, 0) is 77.3 Å². The van der Waals surface area contributed by atoms with Gasteiger partial charge >= 0.3 is 5.97 Å². The highest BCUT2D eigenvalue weighted by Gasteiger charge is 2.11. The number of aliphatic imine (C=N–C) groups is 1. The monoisotopic (exact) mass is 361 g/mol. The number of carbonyl (C=O) groups is 1. The van der Waals surface area contributed by atoms with Gasteiger partial charge in [0.25, 0.3) is 0 Å². The van der Waals surface area contributed by atoms with Gasteiger partial charge in [0, 0.05) is 10.7 Å². The Kier molecular flexibility index (Phi) is 5.33. The molecule has 114 valence electrons. The molecule has 1 atom stereocenters. The van der Waals surface area contributed by atoms with E-state index in [-0.39, 0.29) is 0 Å². The molecule has 0 aliphatic rings. The number of carboxylic acid groups (broad SMARTS) is 1. The van der Waals surface area contributed by atoms with E-state index in [0.29, 0.717) is 5.75 Å². The molecule has 0 spiro atoms. The lowest BCUT2D eigenvalue weighted by atomic mass is 10.2. The Bertz CT molecular complexity index is 696. The van der Waals surface area contributed by atoms with Crippen molar-refractivity contribution in [3.8, 4) is 5.75 Å². The summed E-state index contributed by atoms with van der Waals surface area (Å²) in [6.07, 6.45) is 0.878. The first-order valence-corrected chi connectivity index (χ1v) is 7.55. The van der Waals surface area contributed by atoms with Gasteiger partial charge in [-0.1, -0.05) is 6.07 Å². The average Bonchev–Trinajstić information content (AvgIpc) is 2.47. The predicted molar refractivity (Wildman–Crippen MR) is 90.3 cm³/mol. The lowest BCUT2D eigenvalue weighted by molar-refractivity contribution is -0.144. The third-order valence-corrected chi connectivity index (χ3v) is 3.63. The van der Waals surface area contributed by atoms with Gasteiger partial charge in [0.1, 0.15) is 5.75 Å². The summed E-state index contributed by atoms with van der Waals surface area (Å²) in [6, 6.07) is 13.1. The summed E-state index contributed by atoms with van der Waals surface area (Å²) in [5.41, 5.74) is 2.92. The second kappa shape index (κ2) is 7.22. The van der Waals surface area contributed by atoms with Crippen molar-refractivity contribution < 1.29 is 14.6 Å². The topological polar surface area (TPSA) is 58.9 Å². The third kappa shape index (κ3) is 4.43. The zero-order valence-electron chi connectivity index (χ0n) is 12.3. The molecular weight excluding hydrogens is 346 g/mol. The normalized spacial score (nSPS) is 12.3. The van der Waals surface area contributed by atoms with Crippen LogP contribution in [0.2, 0.25) is 0 Å². The number of carboxylic acids is 1. The largest absolute Gasteiger partial charge is 0.479 e. The molecule has 2 rings (SSSR count). The molecule has 2 aromatic rings. The molecule has 0 saturated carbocycles. The third-order valence-electron chi connectivity index (χ3n) is 3.00. The zero-order chi connectivity index (χ0) is 16.1. The highest BCUT2D eigenvalue weighted by Crippen LogP contribution is 2.26. The second-order valence-electron chi connectivity index (χ2n) is 4.88. The lowest BCUT2D eigenvalue weighted by Crippen LogP contribution is -2.22. The van der Waals surface area contributed by atoms with Crippen LogP contribution in [-0.2, 0) is 4.79 Å². The Morgan fingerprint density at radius 2 is 1.95 bits per heavy atom. The van der Waals surface area contributed by atoms with Gasteiger partial charge in [-0.25, -0.2) is 4.79 Å². The predicted octanol–water partition coefficient (Wildman–Crippen LogP) is 4.36. The minimum absolute atomic E-state index is 0.517. The number of ether oxygens (including phenoxy) is 1. The van der Waals surface area contributed by atoms with E-state index in [1.54, 1.807) is 18.3 Å². The Morgan fingerprint density at radius 3 is 2.55 bits per heavy atom. The fraction of sp³-hybridized carbons (Fsp3) is 0.176. The summed E-state index contributed by atoms with van der Waals surface area (Å²) in [6.45, 7) is 3.52. The Labute approximate surface area is 137 Å². The molecule has 0 bridgehead atoms. The molecule has 1 N–H and O–H groups in total. The highest BCUT2D eigenvalue weighted by molar-refractivity contribution is 9.10. The fourth-order valence-electron chi connectivity index (χ4n) is 1.75. The van der Waals surface area contributed by atoms with Gasteiger partial charge < -0.3 is 9.84 Å². The van der Waals surface area contributed by atoms with Crippen LogP contribution < -0.4 is 4.74 Å². The van der Waals surface area contributed by atoms with Crippen molar-refractivity contribution in [2.45, 2.75) is 20.0 Å². The first-order chi connectivity index (χ1) is 10.5. The molecule has 4 nitrogen and oxygen atoms in total. The summed E-state index contributed by atoms with van der Waals surface area (Å²) in [4.78, 5) is 15.2. The molecule has 0 aliphatic heterocycles. The molecule has 0 aromatic heterocycles. The molecule has 0 amide bonds. The van der Waals surface area contributed by atoms with Gasteiger partial charge in [0.2, 0.25) is 0 Å². The van der Waals surface area contributed by atoms with Crippen molar-refractivity contribution in [3.05, 3.63) is 58.1 Å². The summed E-state index contributed by atoms with van der Waals surface area (Å²) >= 11 is 3.48. The quantitative estimate of drug-likeness (QED) is 0.804. The van der Waals surface area contributed by atoms with Crippen LogP contribution in [0.4, 0.5) is 5.69 Å². The van der Waals surface area contributed by atoms with Crippen molar-refractivity contribution in [2.75, 3.05) is 0 Å². The molecule has 0 saturated heterocycles. The van der Waals surface area contributed by atoms with Gasteiger partial charge in [-0.3, -0.25) is 4.99 Å². The van der Waals surface area contributed by atoms with Gasteiger partial charge in [0.05, 0.1) is 5.69 Å². The summed E-state index contributed by atoms with van der Waals surface area (Å²) in [5, 5.41) is 8.80. The first kappa shape index (κ1) is 16.2. The van der Waals surface area contributed by atoms with Crippen LogP contribution in [0.3, 0.4) is 0 Å². The second-order valence-corrected chi connectivity index (χ2v) is 5.73. The number of hydrogen-bond donors (Lipinski definition) is 1. The number of aryl methyl sites for hydroxylation is 1. The minimum atomic E-state index is -0.991. The van der Waals surface area contributed by atoms with Gasteiger partial charge in [-0.2, -0.15) is 0 Å². The van der Waals surface area contributed by atoms with E-state index in [4.69, 9.17) is 9.84 Å². The van der Waals surface area contributed by atoms with Crippen LogP contribution in [0.25, 0.3) is 0 Å². The Balaban J connectivity index is 2.07. The Hall–Kier alpha value is -2.14. The molecule has 0 unspecified atom stereocenters. The molecule has 2 aromatic carbocycles. The van der Waals surface area contributed by atoms with Crippen molar-refractivity contribution in [1.29, 1.82) is 0 Å². The van der Waals surface area contributed by atoms with Crippen molar-refractivity contribution in [1.82, 2.24) is 0 Å². The Morgan fingerprint density at radius 1 is 1.27 bits per heavy atom. The van der Waals surface area contributed by atoms with Crippen molar-refractivity contribution in [2.24, 2.45) is 4.99 Å². The number of nitrogens with zero attached hydrogens (tertiary/aromatic N) is 1. The maximum Gasteiger partial charge on any atom is 0.344 e. The van der Waals surface area contributed by atoms with Gasteiger partial charge in [-0.15, -0.1) is 0 Å². The number of benzene rings is 2. The van der Waals surface area contributed by atoms with Crippen LogP contribution in [0.1, 0.15) is 18.1 Å².